The van der Waals surface area contributed by atoms with Gasteiger partial charge in [0.05, 0.1) is 26.9 Å². The summed E-state index contributed by atoms with van der Waals surface area (Å²) in [6.07, 6.45) is 0.293. The number of carbonyl (C=O) groups excluding carboxylic acids is 1. The number of ether oxygens (including phenoxy) is 3. The second-order valence-corrected chi connectivity index (χ2v) is 4.09. The van der Waals surface area contributed by atoms with Gasteiger partial charge in [-0.25, -0.2) is 4.39 Å². The summed E-state index contributed by atoms with van der Waals surface area (Å²) in [5, 5.41) is 0. The Morgan fingerprint density at radius 3 is 2.72 bits per heavy atom. The van der Waals surface area contributed by atoms with Gasteiger partial charge in [0.25, 0.3) is 0 Å². The van der Waals surface area contributed by atoms with Gasteiger partial charge in [0.2, 0.25) is 0 Å². The summed E-state index contributed by atoms with van der Waals surface area (Å²) in [5.74, 6) is -0.0348. The van der Waals surface area contributed by atoms with Crippen LogP contribution in [0.3, 0.4) is 0 Å². The summed E-state index contributed by atoms with van der Waals surface area (Å²) < 4.78 is 29.3. The van der Waals surface area contributed by atoms with E-state index in [1.165, 1.54) is 20.3 Å². The standard InChI is InChI=1S/C13H15FO4/c1-16-12-6-8(5-10(14)13(12)17-2)11-7-9(15)3-4-18-11/h5-6,11H,3-4,7H2,1-2H3. The fourth-order valence-corrected chi connectivity index (χ4v) is 2.02. The van der Waals surface area contributed by atoms with Crippen molar-refractivity contribution in [3.63, 3.8) is 0 Å². The Kier molecular flexibility index (Phi) is 3.81. The predicted octanol–water partition coefficient (Wildman–Crippen LogP) is 2.26. The third-order valence-electron chi connectivity index (χ3n) is 2.94. The molecule has 1 aliphatic heterocycles. The van der Waals surface area contributed by atoms with Crippen LogP contribution in [0.25, 0.3) is 0 Å². The maximum Gasteiger partial charge on any atom is 0.196 e. The highest BCUT2D eigenvalue weighted by Crippen LogP contribution is 2.36. The van der Waals surface area contributed by atoms with Gasteiger partial charge in [-0.3, -0.25) is 4.79 Å². The molecule has 0 spiro atoms. The van der Waals surface area contributed by atoms with Crippen molar-refractivity contribution < 1.29 is 23.4 Å². The second kappa shape index (κ2) is 5.35. The van der Waals surface area contributed by atoms with Crippen LogP contribution in [0.15, 0.2) is 12.1 Å². The molecule has 0 N–H and O–H groups in total. The Hall–Kier alpha value is -1.62. The summed E-state index contributed by atoms with van der Waals surface area (Å²) in [4.78, 5) is 11.4. The number of ketones is 1. The van der Waals surface area contributed by atoms with E-state index in [4.69, 9.17) is 14.2 Å². The maximum atomic E-state index is 13.8. The molecule has 0 amide bonds. The van der Waals surface area contributed by atoms with Crippen molar-refractivity contribution in [1.82, 2.24) is 0 Å². The van der Waals surface area contributed by atoms with Crippen LogP contribution in [0.2, 0.25) is 0 Å². The van der Waals surface area contributed by atoms with Gasteiger partial charge in [0, 0.05) is 12.8 Å². The number of Topliss-reactive ketones (excluding diaryl/α,β-unsaturated/α-hetero) is 1. The summed E-state index contributed by atoms with van der Waals surface area (Å²) in [6, 6.07) is 2.97. The van der Waals surface area contributed by atoms with E-state index < -0.39 is 11.9 Å². The smallest absolute Gasteiger partial charge is 0.196 e. The van der Waals surface area contributed by atoms with Crippen LogP contribution in [-0.2, 0) is 9.53 Å². The van der Waals surface area contributed by atoms with Crippen LogP contribution < -0.4 is 9.47 Å². The molecule has 0 aromatic heterocycles. The molecule has 0 aliphatic carbocycles. The van der Waals surface area contributed by atoms with E-state index in [9.17, 15) is 9.18 Å². The average molecular weight is 254 g/mol. The van der Waals surface area contributed by atoms with Crippen molar-refractivity contribution in [3.8, 4) is 11.5 Å². The minimum absolute atomic E-state index is 0.0587. The second-order valence-electron chi connectivity index (χ2n) is 4.09. The highest BCUT2D eigenvalue weighted by atomic mass is 19.1. The van der Waals surface area contributed by atoms with Crippen molar-refractivity contribution >= 4 is 5.78 Å². The number of methoxy groups -OCH3 is 2. The molecule has 1 aromatic carbocycles. The predicted molar refractivity (Wildman–Crippen MR) is 62.4 cm³/mol. The number of carbonyl (C=O) groups is 1. The lowest BCUT2D eigenvalue weighted by molar-refractivity contribution is -0.128. The van der Waals surface area contributed by atoms with Gasteiger partial charge in [-0.1, -0.05) is 0 Å². The first-order chi connectivity index (χ1) is 8.65. The zero-order valence-corrected chi connectivity index (χ0v) is 10.4. The van der Waals surface area contributed by atoms with E-state index in [2.05, 4.69) is 0 Å². The molecule has 0 bridgehead atoms. The molecule has 1 unspecified atom stereocenters. The molecule has 1 atom stereocenters. The lowest BCUT2D eigenvalue weighted by Crippen LogP contribution is -2.19. The zero-order chi connectivity index (χ0) is 13.1. The first-order valence-corrected chi connectivity index (χ1v) is 5.70. The van der Waals surface area contributed by atoms with Crippen molar-refractivity contribution in [2.75, 3.05) is 20.8 Å². The topological polar surface area (TPSA) is 44.8 Å². The molecule has 98 valence electrons. The maximum absolute atomic E-state index is 13.8. The van der Waals surface area contributed by atoms with Gasteiger partial charge in [0.1, 0.15) is 5.78 Å². The molecule has 5 heteroatoms. The Balaban J connectivity index is 2.33. The van der Waals surface area contributed by atoms with Gasteiger partial charge < -0.3 is 14.2 Å². The molecule has 1 heterocycles. The van der Waals surface area contributed by atoms with E-state index in [1.807, 2.05) is 0 Å². The van der Waals surface area contributed by atoms with Crippen molar-refractivity contribution in [2.45, 2.75) is 18.9 Å². The van der Waals surface area contributed by atoms with Crippen molar-refractivity contribution in [2.24, 2.45) is 0 Å². The van der Waals surface area contributed by atoms with Crippen LogP contribution >= 0.6 is 0 Å². The number of rotatable bonds is 3. The molecule has 1 saturated heterocycles. The van der Waals surface area contributed by atoms with Crippen LogP contribution in [0.4, 0.5) is 4.39 Å². The molecule has 0 radical (unpaired) electrons. The minimum atomic E-state index is -0.520. The van der Waals surface area contributed by atoms with Crippen LogP contribution in [0, 0.1) is 5.82 Å². The third kappa shape index (κ3) is 2.46. The van der Waals surface area contributed by atoms with Crippen LogP contribution in [0.1, 0.15) is 24.5 Å². The molecule has 1 aromatic rings. The van der Waals surface area contributed by atoms with E-state index >= 15 is 0 Å². The summed E-state index contributed by atoms with van der Waals surface area (Å²) >= 11 is 0. The number of hydrogen-bond acceptors (Lipinski definition) is 4. The SMILES string of the molecule is COc1cc(C2CC(=O)CCO2)cc(F)c1OC. The van der Waals surface area contributed by atoms with Crippen molar-refractivity contribution in [1.29, 1.82) is 0 Å². The van der Waals surface area contributed by atoms with E-state index in [-0.39, 0.29) is 18.0 Å². The molecule has 0 saturated carbocycles. The number of halogens is 1. The molecule has 18 heavy (non-hydrogen) atoms. The lowest BCUT2D eigenvalue weighted by atomic mass is 10.00. The first kappa shape index (κ1) is 12.8. The Labute approximate surface area is 105 Å². The van der Waals surface area contributed by atoms with Gasteiger partial charge in [0.15, 0.2) is 17.3 Å². The van der Waals surface area contributed by atoms with Crippen molar-refractivity contribution in [3.05, 3.63) is 23.5 Å². The summed E-state index contributed by atoms with van der Waals surface area (Å²) in [5.41, 5.74) is 0.596. The van der Waals surface area contributed by atoms with E-state index in [1.54, 1.807) is 6.07 Å². The van der Waals surface area contributed by atoms with E-state index in [0.717, 1.165) is 0 Å². The Bertz CT molecular complexity index is 459. The minimum Gasteiger partial charge on any atom is -0.493 e. The average Bonchev–Trinajstić information content (AvgIpc) is 2.37. The van der Waals surface area contributed by atoms with Gasteiger partial charge in [-0.2, -0.15) is 0 Å². The summed E-state index contributed by atoms with van der Waals surface area (Å²) in [6.45, 7) is 0.374. The van der Waals surface area contributed by atoms with Gasteiger partial charge in [-0.15, -0.1) is 0 Å². The molecule has 2 rings (SSSR count). The zero-order valence-electron chi connectivity index (χ0n) is 10.4. The highest BCUT2D eigenvalue weighted by molar-refractivity contribution is 5.79. The third-order valence-corrected chi connectivity index (χ3v) is 2.94. The Morgan fingerprint density at radius 1 is 1.33 bits per heavy atom. The first-order valence-electron chi connectivity index (χ1n) is 5.70. The quantitative estimate of drug-likeness (QED) is 0.830. The normalized spacial score (nSPS) is 19.7. The fraction of sp³-hybridized carbons (Fsp3) is 0.462. The number of hydrogen-bond donors (Lipinski definition) is 0. The van der Waals surface area contributed by atoms with E-state index in [0.29, 0.717) is 24.3 Å². The highest BCUT2D eigenvalue weighted by Gasteiger charge is 2.24. The van der Waals surface area contributed by atoms with Crippen LogP contribution in [-0.4, -0.2) is 26.6 Å². The van der Waals surface area contributed by atoms with Gasteiger partial charge >= 0.3 is 0 Å². The molecule has 1 fully saturated rings. The Morgan fingerprint density at radius 2 is 2.11 bits per heavy atom. The lowest BCUT2D eigenvalue weighted by Gasteiger charge is -2.23. The summed E-state index contributed by atoms with van der Waals surface area (Å²) in [7, 11) is 2.81. The monoisotopic (exact) mass is 254 g/mol. The largest absolute Gasteiger partial charge is 0.493 e. The molecule has 4 nitrogen and oxygen atoms in total. The molecular weight excluding hydrogens is 239 g/mol. The van der Waals surface area contributed by atoms with Crippen LogP contribution in [0.5, 0.6) is 11.5 Å². The van der Waals surface area contributed by atoms with Gasteiger partial charge in [-0.05, 0) is 17.7 Å². The molecule has 1 aliphatic rings. The molecular formula is C13H15FO4. The fourth-order valence-electron chi connectivity index (χ4n) is 2.02. The number of benzene rings is 1.